The maximum atomic E-state index is 14.5. The predicted octanol–water partition coefficient (Wildman–Crippen LogP) is 2.01. The molecule has 41 heavy (non-hydrogen) atoms. The molecule has 4 saturated heterocycles. The van der Waals surface area contributed by atoms with Gasteiger partial charge in [-0.15, -0.1) is 13.2 Å². The van der Waals surface area contributed by atoms with E-state index in [1.165, 1.54) is 0 Å². The lowest BCUT2D eigenvalue weighted by Crippen LogP contribution is -2.59. The number of ether oxygens (including phenoxy) is 3. The highest BCUT2D eigenvalue weighted by atomic mass is 16.6. The number of aliphatic hydroxyl groups excluding tert-OH is 1. The van der Waals surface area contributed by atoms with E-state index in [1.807, 2.05) is 26.8 Å². The van der Waals surface area contributed by atoms with Crippen molar-refractivity contribution in [3.8, 4) is 0 Å². The normalized spacial score (nSPS) is 33.5. The summed E-state index contributed by atoms with van der Waals surface area (Å²) in [5.74, 6) is -2.72. The summed E-state index contributed by atoms with van der Waals surface area (Å²) in [4.78, 5) is 48.0. The Balaban J connectivity index is 1.66. The zero-order chi connectivity index (χ0) is 29.8. The lowest BCUT2D eigenvalue weighted by atomic mass is 9.62. The number of carbonyl (C=O) groups excluding carboxylic acids is 3. The zero-order valence-electron chi connectivity index (χ0n) is 25.1. The number of carbonyl (C=O) groups is 3. The van der Waals surface area contributed by atoms with Gasteiger partial charge in [-0.05, 0) is 44.9 Å². The number of hydrogen-bond acceptors (Lipinski definition) is 8. The zero-order valence-corrected chi connectivity index (χ0v) is 25.1. The maximum Gasteiger partial charge on any atom is 0.312 e. The molecule has 4 heterocycles. The third-order valence-electron chi connectivity index (χ3n) is 9.81. The molecule has 0 saturated carbocycles. The van der Waals surface area contributed by atoms with Crippen molar-refractivity contribution in [3.63, 3.8) is 0 Å². The second kappa shape index (κ2) is 13.4. The van der Waals surface area contributed by atoms with Crippen molar-refractivity contribution >= 4 is 17.8 Å². The summed E-state index contributed by atoms with van der Waals surface area (Å²) in [6.07, 6.45) is 6.88. The Kier molecular flexibility index (Phi) is 10.3. The van der Waals surface area contributed by atoms with Crippen LogP contribution in [-0.2, 0) is 28.6 Å². The number of morpholine rings is 1. The number of aliphatic hydroxyl groups is 1. The van der Waals surface area contributed by atoms with Crippen LogP contribution in [0.25, 0.3) is 0 Å². The van der Waals surface area contributed by atoms with Gasteiger partial charge in [-0.1, -0.05) is 26.0 Å². The Hall–Kier alpha value is -2.27. The van der Waals surface area contributed by atoms with E-state index in [4.69, 9.17) is 14.2 Å². The number of rotatable bonds is 15. The second-order valence-electron chi connectivity index (χ2n) is 12.2. The summed E-state index contributed by atoms with van der Waals surface area (Å²) >= 11 is 0. The summed E-state index contributed by atoms with van der Waals surface area (Å²) in [6.45, 7) is 17.8. The second-order valence-corrected chi connectivity index (χ2v) is 12.2. The largest absolute Gasteiger partial charge is 0.465 e. The van der Waals surface area contributed by atoms with Crippen LogP contribution in [0.4, 0.5) is 0 Å². The van der Waals surface area contributed by atoms with Crippen LogP contribution in [0.3, 0.4) is 0 Å². The molecule has 1 N–H and O–H groups in total. The molecule has 10 heteroatoms. The third-order valence-corrected chi connectivity index (χ3v) is 9.81. The first-order chi connectivity index (χ1) is 19.7. The average Bonchev–Trinajstić information content (AvgIpc) is 3.48. The highest BCUT2D eigenvalue weighted by Crippen LogP contribution is 2.65. The Labute approximate surface area is 244 Å². The van der Waals surface area contributed by atoms with Crippen LogP contribution in [0.15, 0.2) is 25.3 Å². The Bertz CT molecular complexity index is 981. The van der Waals surface area contributed by atoms with Crippen molar-refractivity contribution < 1.29 is 33.7 Å². The lowest BCUT2D eigenvalue weighted by Gasteiger charge is -2.40. The molecule has 3 unspecified atom stereocenters. The van der Waals surface area contributed by atoms with Gasteiger partial charge in [0.25, 0.3) is 0 Å². The first kappa shape index (κ1) is 31.7. The SMILES string of the molecule is C=CCCCCOC(=O)[C@H]1[C@H]2C(=O)N([C@@H](CC)CO)C(C(=O)N(CC=C)CCN3CCOCC3)C23CC(C)[C@]1(C)O3. The van der Waals surface area contributed by atoms with Crippen LogP contribution in [0.5, 0.6) is 0 Å². The van der Waals surface area contributed by atoms with Gasteiger partial charge in [-0.25, -0.2) is 0 Å². The molecule has 4 aliphatic rings. The van der Waals surface area contributed by atoms with Crippen LogP contribution in [0.1, 0.15) is 52.9 Å². The van der Waals surface area contributed by atoms with E-state index in [1.54, 1.807) is 15.9 Å². The molecule has 0 aromatic heterocycles. The van der Waals surface area contributed by atoms with E-state index in [0.717, 1.165) is 25.9 Å². The Morgan fingerprint density at radius 2 is 1.98 bits per heavy atom. The molecule has 0 radical (unpaired) electrons. The van der Waals surface area contributed by atoms with Crippen molar-refractivity contribution in [3.05, 3.63) is 25.3 Å². The first-order valence-electron chi connectivity index (χ1n) is 15.3. The van der Waals surface area contributed by atoms with Gasteiger partial charge >= 0.3 is 5.97 Å². The van der Waals surface area contributed by atoms with E-state index >= 15 is 0 Å². The monoisotopic (exact) mass is 575 g/mol. The smallest absolute Gasteiger partial charge is 0.312 e. The minimum absolute atomic E-state index is 0.0736. The van der Waals surface area contributed by atoms with Gasteiger partial charge in [0.1, 0.15) is 17.6 Å². The predicted molar refractivity (Wildman–Crippen MR) is 154 cm³/mol. The number of amides is 2. The van der Waals surface area contributed by atoms with Gasteiger partial charge in [0, 0.05) is 32.7 Å². The molecule has 7 atom stereocenters. The summed E-state index contributed by atoms with van der Waals surface area (Å²) < 4.78 is 18.0. The van der Waals surface area contributed by atoms with Gasteiger partial charge < -0.3 is 29.1 Å². The van der Waals surface area contributed by atoms with E-state index in [2.05, 4.69) is 18.1 Å². The minimum Gasteiger partial charge on any atom is -0.465 e. The molecule has 230 valence electrons. The fraction of sp³-hybridized carbons (Fsp3) is 0.774. The molecule has 2 amide bonds. The molecule has 0 aromatic carbocycles. The quantitative estimate of drug-likeness (QED) is 0.180. The molecular formula is C31H49N3O7. The average molecular weight is 576 g/mol. The van der Waals surface area contributed by atoms with E-state index in [-0.39, 0.29) is 30.9 Å². The number of fused-ring (bicyclic) bond motifs is 1. The maximum absolute atomic E-state index is 14.5. The number of esters is 1. The highest BCUT2D eigenvalue weighted by molar-refractivity contribution is 5.98. The van der Waals surface area contributed by atoms with Crippen LogP contribution in [0, 0.1) is 17.8 Å². The molecular weight excluding hydrogens is 526 g/mol. The van der Waals surface area contributed by atoms with Crippen LogP contribution >= 0.6 is 0 Å². The lowest BCUT2D eigenvalue weighted by molar-refractivity contribution is -0.164. The molecule has 0 aromatic rings. The van der Waals surface area contributed by atoms with E-state index < -0.39 is 41.1 Å². The minimum atomic E-state index is -1.17. The number of likely N-dealkylation sites (tertiary alicyclic amines) is 1. The van der Waals surface area contributed by atoms with Gasteiger partial charge in [0.15, 0.2) is 0 Å². The van der Waals surface area contributed by atoms with Gasteiger partial charge in [-0.3, -0.25) is 19.3 Å². The summed E-state index contributed by atoms with van der Waals surface area (Å²) in [6, 6.07) is -1.51. The summed E-state index contributed by atoms with van der Waals surface area (Å²) in [7, 11) is 0. The van der Waals surface area contributed by atoms with Gasteiger partial charge in [-0.2, -0.15) is 0 Å². The van der Waals surface area contributed by atoms with Crippen molar-refractivity contribution in [2.75, 3.05) is 59.2 Å². The van der Waals surface area contributed by atoms with Crippen molar-refractivity contribution in [2.45, 2.75) is 76.2 Å². The molecule has 4 aliphatic heterocycles. The molecule has 10 nitrogen and oxygen atoms in total. The molecule has 4 fully saturated rings. The molecule has 4 rings (SSSR count). The highest BCUT2D eigenvalue weighted by Gasteiger charge is 2.80. The van der Waals surface area contributed by atoms with E-state index in [9.17, 15) is 19.5 Å². The molecule has 1 spiro atoms. The Morgan fingerprint density at radius 1 is 1.24 bits per heavy atom. The van der Waals surface area contributed by atoms with Crippen LogP contribution in [0.2, 0.25) is 0 Å². The number of unbranched alkanes of at least 4 members (excludes halogenated alkanes) is 2. The number of hydrogen-bond donors (Lipinski definition) is 1. The van der Waals surface area contributed by atoms with Crippen molar-refractivity contribution in [1.82, 2.24) is 14.7 Å². The van der Waals surface area contributed by atoms with Crippen molar-refractivity contribution in [1.29, 1.82) is 0 Å². The summed E-state index contributed by atoms with van der Waals surface area (Å²) in [5, 5.41) is 10.3. The first-order valence-corrected chi connectivity index (χ1v) is 15.3. The van der Waals surface area contributed by atoms with Crippen LogP contribution < -0.4 is 0 Å². The summed E-state index contributed by atoms with van der Waals surface area (Å²) in [5.41, 5.74) is -2.10. The molecule has 0 aliphatic carbocycles. The van der Waals surface area contributed by atoms with Gasteiger partial charge in [0.2, 0.25) is 11.8 Å². The number of nitrogens with zero attached hydrogens (tertiary/aromatic N) is 3. The van der Waals surface area contributed by atoms with Gasteiger partial charge in [0.05, 0.1) is 44.0 Å². The fourth-order valence-corrected chi connectivity index (χ4v) is 7.48. The number of allylic oxidation sites excluding steroid dienone is 1. The van der Waals surface area contributed by atoms with Crippen molar-refractivity contribution in [2.24, 2.45) is 17.8 Å². The molecule has 2 bridgehead atoms. The topological polar surface area (TPSA) is 109 Å². The third kappa shape index (κ3) is 5.72. The standard InChI is InChI=1S/C31H49N3O7/c1-6-9-10-11-17-40-29(38)25-24-27(36)34(23(8-3)21-35)26(31(24)20-22(4)30(25,5)41-31)28(37)33(12-7-2)14-13-32-15-18-39-19-16-32/h6-7,22-26,35H,1-2,8-21H2,3-5H3/t22?,23-,24-,25+,26?,30-,31?/m0/s1. The van der Waals surface area contributed by atoms with Crippen LogP contribution in [-0.4, -0.2) is 120 Å². The Morgan fingerprint density at radius 3 is 2.61 bits per heavy atom. The fourth-order valence-electron chi connectivity index (χ4n) is 7.48. The van der Waals surface area contributed by atoms with E-state index in [0.29, 0.717) is 52.1 Å².